The van der Waals surface area contributed by atoms with E-state index in [0.29, 0.717) is 40.1 Å². The van der Waals surface area contributed by atoms with Crippen molar-refractivity contribution in [1.82, 2.24) is 0 Å². The molecule has 10 heteroatoms. The molecule has 2 N–H and O–H groups in total. The van der Waals surface area contributed by atoms with Crippen molar-refractivity contribution in [2.75, 3.05) is 18.0 Å². The van der Waals surface area contributed by atoms with Gasteiger partial charge < -0.3 is 19.7 Å². The van der Waals surface area contributed by atoms with E-state index in [1.54, 1.807) is 24.3 Å². The molecule has 3 atom stereocenters. The summed E-state index contributed by atoms with van der Waals surface area (Å²) in [5.74, 6) is -1.94. The monoisotopic (exact) mass is 571 g/mol. The van der Waals surface area contributed by atoms with Crippen molar-refractivity contribution >= 4 is 26.9 Å². The summed E-state index contributed by atoms with van der Waals surface area (Å²) in [4.78, 5) is 0. The number of phenolic OH excluding ortho intramolecular Hbond substituents is 2. The molecule has 7 nitrogen and oxygen atoms in total. The largest absolute Gasteiger partial charge is 0.505 e. The SMILES string of the molecule is COc1ccc(N(CCC(C)C)S(=O)(=O)C2CC3OC2C(c2ccc(O)c(F)c2)=C3c2ccc(O)c(F)c2)cc1. The average Bonchev–Trinajstić information content (AvgIpc) is 3.52. The summed E-state index contributed by atoms with van der Waals surface area (Å²) in [7, 11) is -2.47. The van der Waals surface area contributed by atoms with Crippen LogP contribution in [0.25, 0.3) is 11.1 Å². The Hall–Kier alpha value is -3.63. The maximum absolute atomic E-state index is 14.5. The number of hydrogen-bond acceptors (Lipinski definition) is 6. The highest BCUT2D eigenvalue weighted by Crippen LogP contribution is 2.51. The number of rotatable bonds is 9. The summed E-state index contributed by atoms with van der Waals surface area (Å²) in [5.41, 5.74) is 2.15. The summed E-state index contributed by atoms with van der Waals surface area (Å²) >= 11 is 0. The maximum Gasteiger partial charge on any atom is 0.241 e. The van der Waals surface area contributed by atoms with Crippen LogP contribution in [0.15, 0.2) is 60.7 Å². The first kappa shape index (κ1) is 27.9. The molecule has 0 aromatic heterocycles. The molecule has 0 spiro atoms. The lowest BCUT2D eigenvalue weighted by Gasteiger charge is -2.32. The minimum absolute atomic E-state index is 0.114. The molecule has 0 saturated carbocycles. The molecule has 1 saturated heterocycles. The van der Waals surface area contributed by atoms with E-state index in [1.165, 1.54) is 35.7 Å². The van der Waals surface area contributed by atoms with Gasteiger partial charge in [0.1, 0.15) is 17.1 Å². The molecule has 2 heterocycles. The lowest BCUT2D eigenvalue weighted by Crippen LogP contribution is -2.44. The van der Waals surface area contributed by atoms with Crippen LogP contribution in [-0.2, 0) is 14.8 Å². The van der Waals surface area contributed by atoms with Gasteiger partial charge in [0, 0.05) is 6.54 Å². The van der Waals surface area contributed by atoms with E-state index < -0.39 is 50.6 Å². The lowest BCUT2D eigenvalue weighted by atomic mass is 9.83. The molecular formula is C30H31F2NO6S. The van der Waals surface area contributed by atoms with Crippen LogP contribution in [0, 0.1) is 17.6 Å². The van der Waals surface area contributed by atoms with Crippen LogP contribution in [0.3, 0.4) is 0 Å². The molecule has 0 radical (unpaired) electrons. The van der Waals surface area contributed by atoms with Crippen LogP contribution >= 0.6 is 0 Å². The molecular weight excluding hydrogens is 540 g/mol. The average molecular weight is 572 g/mol. The van der Waals surface area contributed by atoms with Crippen LogP contribution in [0.2, 0.25) is 0 Å². The second kappa shape index (κ2) is 10.7. The number of fused-ring (bicyclic) bond motifs is 2. The minimum Gasteiger partial charge on any atom is -0.505 e. The van der Waals surface area contributed by atoms with Gasteiger partial charge in [-0.15, -0.1) is 0 Å². The third-order valence-electron chi connectivity index (χ3n) is 7.47. The maximum atomic E-state index is 14.5. The number of nitrogens with zero attached hydrogens (tertiary/aromatic N) is 1. The zero-order chi connectivity index (χ0) is 28.8. The Labute approximate surface area is 232 Å². The smallest absolute Gasteiger partial charge is 0.241 e. The normalized spacial score (nSPS) is 20.4. The van der Waals surface area contributed by atoms with Gasteiger partial charge in [-0.05, 0) is 89.6 Å². The van der Waals surface area contributed by atoms with Crippen LogP contribution < -0.4 is 9.04 Å². The number of methoxy groups -OCH3 is 1. The number of hydrogen-bond donors (Lipinski definition) is 2. The Morgan fingerprint density at radius 1 is 0.950 bits per heavy atom. The third kappa shape index (κ3) is 5.01. The number of benzene rings is 3. The molecule has 5 rings (SSSR count). The molecule has 212 valence electrons. The Kier molecular flexibility index (Phi) is 7.50. The van der Waals surface area contributed by atoms with Gasteiger partial charge >= 0.3 is 0 Å². The van der Waals surface area contributed by atoms with Crippen molar-refractivity contribution in [2.24, 2.45) is 5.92 Å². The summed E-state index contributed by atoms with van der Waals surface area (Å²) in [6, 6.07) is 14.5. The first-order valence-corrected chi connectivity index (χ1v) is 14.5. The van der Waals surface area contributed by atoms with Gasteiger partial charge in [0.2, 0.25) is 10.0 Å². The van der Waals surface area contributed by atoms with Crippen LogP contribution in [-0.4, -0.2) is 49.7 Å². The summed E-state index contributed by atoms with van der Waals surface area (Å²) in [5, 5.41) is 18.5. The van der Waals surface area contributed by atoms with Crippen LogP contribution in [0.5, 0.6) is 17.2 Å². The van der Waals surface area contributed by atoms with Crippen molar-refractivity contribution in [3.63, 3.8) is 0 Å². The van der Waals surface area contributed by atoms with E-state index in [-0.39, 0.29) is 18.9 Å². The number of ether oxygens (including phenoxy) is 2. The van der Waals surface area contributed by atoms with Crippen molar-refractivity contribution < 1.29 is 36.9 Å². The Morgan fingerprint density at radius 3 is 2.05 bits per heavy atom. The van der Waals surface area contributed by atoms with Gasteiger partial charge in [-0.3, -0.25) is 4.31 Å². The fourth-order valence-electron chi connectivity index (χ4n) is 5.40. The Morgan fingerprint density at radius 2 is 1.52 bits per heavy atom. The van der Waals surface area contributed by atoms with E-state index in [2.05, 4.69) is 0 Å². The fourth-order valence-corrected chi connectivity index (χ4v) is 7.43. The standard InChI is InChI=1S/C30H31F2NO6S/c1-17(2)12-13-33(20-6-8-21(38-3)9-7-20)40(36,37)27-16-26-28(18-4-10-24(34)22(31)14-18)29(30(27)39-26)19-5-11-25(35)23(32)15-19/h4-11,14-15,17,26-27,30,34-35H,12-13,16H2,1-3H3. The van der Waals surface area contributed by atoms with Gasteiger partial charge in [-0.1, -0.05) is 26.0 Å². The Bertz CT molecular complexity index is 1550. The van der Waals surface area contributed by atoms with Crippen molar-refractivity contribution in [1.29, 1.82) is 0 Å². The highest BCUT2D eigenvalue weighted by molar-refractivity contribution is 7.93. The summed E-state index contributed by atoms with van der Waals surface area (Å²) < 4.78 is 70.4. The molecule has 2 aliphatic rings. The highest BCUT2D eigenvalue weighted by Gasteiger charge is 2.54. The highest BCUT2D eigenvalue weighted by atomic mass is 32.2. The van der Waals surface area contributed by atoms with Gasteiger partial charge in [0.05, 0.1) is 18.9 Å². The molecule has 1 fully saturated rings. The van der Waals surface area contributed by atoms with Crippen molar-refractivity contribution in [3.05, 3.63) is 83.4 Å². The molecule has 40 heavy (non-hydrogen) atoms. The molecule has 3 aromatic rings. The number of sulfonamides is 1. The van der Waals surface area contributed by atoms with Gasteiger partial charge in [-0.2, -0.15) is 0 Å². The lowest BCUT2D eigenvalue weighted by molar-refractivity contribution is 0.128. The summed E-state index contributed by atoms with van der Waals surface area (Å²) in [6.07, 6.45) is -0.936. The number of anilines is 1. The zero-order valence-corrected chi connectivity index (χ0v) is 23.2. The van der Waals surface area contributed by atoms with Crippen LogP contribution in [0.1, 0.15) is 37.8 Å². The van der Waals surface area contributed by atoms with E-state index in [9.17, 15) is 27.4 Å². The van der Waals surface area contributed by atoms with Gasteiger partial charge in [0.25, 0.3) is 0 Å². The first-order valence-electron chi connectivity index (χ1n) is 13.0. The minimum atomic E-state index is -4.00. The number of halogens is 2. The predicted molar refractivity (Wildman–Crippen MR) is 149 cm³/mol. The third-order valence-corrected chi connectivity index (χ3v) is 9.68. The summed E-state index contributed by atoms with van der Waals surface area (Å²) in [6.45, 7) is 4.29. The molecule has 2 aliphatic heterocycles. The number of aromatic hydroxyl groups is 2. The van der Waals surface area contributed by atoms with Crippen molar-refractivity contribution in [3.8, 4) is 17.2 Å². The van der Waals surface area contributed by atoms with Gasteiger partial charge in [0.15, 0.2) is 23.1 Å². The topological polar surface area (TPSA) is 96.3 Å². The molecule has 2 bridgehead atoms. The van der Waals surface area contributed by atoms with E-state index in [4.69, 9.17) is 9.47 Å². The van der Waals surface area contributed by atoms with Crippen LogP contribution in [0.4, 0.5) is 14.5 Å². The van der Waals surface area contributed by atoms with E-state index in [1.807, 2.05) is 13.8 Å². The molecule has 3 unspecified atom stereocenters. The molecule has 3 aromatic carbocycles. The second-order valence-electron chi connectivity index (χ2n) is 10.5. The first-order chi connectivity index (χ1) is 19.0. The zero-order valence-electron chi connectivity index (χ0n) is 22.3. The Balaban J connectivity index is 1.61. The predicted octanol–water partition coefficient (Wildman–Crippen LogP) is 5.72. The number of phenols is 2. The van der Waals surface area contributed by atoms with E-state index in [0.717, 1.165) is 12.1 Å². The molecule has 0 aliphatic carbocycles. The van der Waals surface area contributed by atoms with E-state index >= 15 is 0 Å². The second-order valence-corrected chi connectivity index (χ2v) is 12.6. The molecule has 0 amide bonds. The quantitative estimate of drug-likeness (QED) is 0.341. The fraction of sp³-hybridized carbons (Fsp3) is 0.333. The van der Waals surface area contributed by atoms with Crippen molar-refractivity contribution in [2.45, 2.75) is 44.1 Å². The van der Waals surface area contributed by atoms with Gasteiger partial charge in [-0.25, -0.2) is 17.2 Å².